The van der Waals surface area contributed by atoms with E-state index in [1.165, 1.54) is 6.42 Å². The first-order valence-electron chi connectivity index (χ1n) is 8.27. The molecule has 0 radical (unpaired) electrons. The van der Waals surface area contributed by atoms with Crippen molar-refractivity contribution in [3.8, 4) is 5.69 Å². The normalized spacial score (nSPS) is 17.4. The lowest BCUT2D eigenvalue weighted by molar-refractivity contribution is 0.0950. The van der Waals surface area contributed by atoms with Crippen LogP contribution in [0.5, 0.6) is 0 Å². The van der Waals surface area contributed by atoms with E-state index in [-0.39, 0.29) is 5.91 Å². The van der Waals surface area contributed by atoms with Gasteiger partial charge in [0.05, 0.1) is 22.6 Å². The van der Waals surface area contributed by atoms with Crippen LogP contribution in [0.25, 0.3) is 5.69 Å². The van der Waals surface area contributed by atoms with Gasteiger partial charge in [-0.05, 0) is 57.8 Å². The van der Waals surface area contributed by atoms with E-state index in [1.54, 1.807) is 0 Å². The molecule has 1 unspecified atom stereocenters. The van der Waals surface area contributed by atoms with Crippen molar-refractivity contribution in [3.63, 3.8) is 0 Å². The summed E-state index contributed by atoms with van der Waals surface area (Å²) in [5.74, 6) is 0.665. The Hall–Kier alpha value is -2.14. The number of aryl methyl sites for hydroxylation is 1. The van der Waals surface area contributed by atoms with Gasteiger partial charge in [-0.25, -0.2) is 4.68 Å². The molecule has 2 N–H and O–H groups in total. The van der Waals surface area contributed by atoms with Crippen LogP contribution < -0.4 is 10.6 Å². The molecule has 0 bridgehead atoms. The zero-order chi connectivity index (χ0) is 16.2. The Bertz CT molecular complexity index is 672. The molecule has 0 aliphatic carbocycles. The molecule has 3 rings (SSSR count). The highest BCUT2D eigenvalue weighted by Gasteiger charge is 2.20. The molecule has 1 aliphatic rings. The highest BCUT2D eigenvalue weighted by atomic mass is 16.1. The second kappa shape index (κ2) is 6.96. The van der Waals surface area contributed by atoms with Gasteiger partial charge in [0, 0.05) is 6.54 Å². The molecule has 1 aromatic carbocycles. The standard InChI is InChI=1S/C18H24N4O/c1-13-17(18(23)20-11-9-15-8-10-19-12-15)14(2)22(21-13)16-6-4-3-5-7-16/h3-7,15,19H,8-12H2,1-2H3,(H,20,23). The second-order valence-electron chi connectivity index (χ2n) is 6.20. The average Bonchev–Trinajstić information content (AvgIpc) is 3.16. The summed E-state index contributed by atoms with van der Waals surface area (Å²) in [4.78, 5) is 12.5. The smallest absolute Gasteiger partial charge is 0.255 e. The fourth-order valence-corrected chi connectivity index (χ4v) is 3.23. The quantitative estimate of drug-likeness (QED) is 0.890. The number of amides is 1. The summed E-state index contributed by atoms with van der Waals surface area (Å²) in [5.41, 5.74) is 3.32. The van der Waals surface area contributed by atoms with Gasteiger partial charge in [0.25, 0.3) is 5.91 Å². The summed E-state index contributed by atoms with van der Waals surface area (Å²) < 4.78 is 1.84. The molecule has 1 saturated heterocycles. The van der Waals surface area contributed by atoms with E-state index in [1.807, 2.05) is 48.9 Å². The van der Waals surface area contributed by atoms with Crippen LogP contribution in [0.15, 0.2) is 30.3 Å². The van der Waals surface area contributed by atoms with E-state index in [0.29, 0.717) is 11.5 Å². The summed E-state index contributed by atoms with van der Waals surface area (Å²) in [5, 5.41) is 10.9. The number of carbonyl (C=O) groups is 1. The zero-order valence-electron chi connectivity index (χ0n) is 13.8. The number of hydrogen-bond acceptors (Lipinski definition) is 3. The van der Waals surface area contributed by atoms with Gasteiger partial charge in [-0.1, -0.05) is 18.2 Å². The van der Waals surface area contributed by atoms with Gasteiger partial charge < -0.3 is 10.6 Å². The first-order chi connectivity index (χ1) is 11.2. The van der Waals surface area contributed by atoms with Crippen molar-refractivity contribution >= 4 is 5.91 Å². The number of benzene rings is 1. The number of rotatable bonds is 5. The molecule has 2 heterocycles. The highest BCUT2D eigenvalue weighted by molar-refractivity contribution is 5.96. The highest BCUT2D eigenvalue weighted by Crippen LogP contribution is 2.18. The van der Waals surface area contributed by atoms with Crippen molar-refractivity contribution in [1.82, 2.24) is 20.4 Å². The number of hydrogen-bond donors (Lipinski definition) is 2. The number of aromatic nitrogens is 2. The van der Waals surface area contributed by atoms with Crippen LogP contribution in [0.3, 0.4) is 0 Å². The van der Waals surface area contributed by atoms with Crippen LogP contribution in [0.2, 0.25) is 0 Å². The van der Waals surface area contributed by atoms with Gasteiger partial charge in [0.1, 0.15) is 0 Å². The van der Waals surface area contributed by atoms with Gasteiger partial charge in [-0.2, -0.15) is 5.10 Å². The molecule has 1 aliphatic heterocycles. The number of para-hydroxylation sites is 1. The lowest BCUT2D eigenvalue weighted by Crippen LogP contribution is -2.27. The zero-order valence-corrected chi connectivity index (χ0v) is 13.8. The molecular weight excluding hydrogens is 288 g/mol. The van der Waals surface area contributed by atoms with Gasteiger partial charge in [-0.3, -0.25) is 4.79 Å². The summed E-state index contributed by atoms with van der Waals surface area (Å²) >= 11 is 0. The summed E-state index contributed by atoms with van der Waals surface area (Å²) in [6.45, 7) is 6.73. The summed E-state index contributed by atoms with van der Waals surface area (Å²) in [6, 6.07) is 9.91. The molecule has 122 valence electrons. The first-order valence-corrected chi connectivity index (χ1v) is 8.27. The van der Waals surface area contributed by atoms with E-state index in [2.05, 4.69) is 15.7 Å². The fourth-order valence-electron chi connectivity index (χ4n) is 3.23. The Balaban J connectivity index is 1.69. The molecule has 2 aromatic rings. The molecule has 5 nitrogen and oxygen atoms in total. The molecule has 5 heteroatoms. The van der Waals surface area contributed by atoms with Crippen LogP contribution in [-0.4, -0.2) is 35.3 Å². The van der Waals surface area contributed by atoms with E-state index in [0.717, 1.165) is 43.1 Å². The predicted octanol–water partition coefficient (Wildman–Crippen LogP) is 2.22. The molecule has 1 fully saturated rings. The molecule has 1 aromatic heterocycles. The van der Waals surface area contributed by atoms with Gasteiger partial charge >= 0.3 is 0 Å². The summed E-state index contributed by atoms with van der Waals surface area (Å²) in [7, 11) is 0. The molecule has 23 heavy (non-hydrogen) atoms. The Labute approximate surface area is 137 Å². The lowest BCUT2D eigenvalue weighted by Gasteiger charge is -2.10. The van der Waals surface area contributed by atoms with Gasteiger partial charge in [0.2, 0.25) is 0 Å². The van der Waals surface area contributed by atoms with Gasteiger partial charge in [0.15, 0.2) is 0 Å². The lowest BCUT2D eigenvalue weighted by atomic mass is 10.1. The van der Waals surface area contributed by atoms with Crippen molar-refractivity contribution in [2.45, 2.75) is 26.7 Å². The van der Waals surface area contributed by atoms with Crippen molar-refractivity contribution in [1.29, 1.82) is 0 Å². The van der Waals surface area contributed by atoms with Crippen LogP contribution in [0.4, 0.5) is 0 Å². The largest absolute Gasteiger partial charge is 0.352 e. The first kappa shape index (κ1) is 15.7. The topological polar surface area (TPSA) is 59.0 Å². The minimum Gasteiger partial charge on any atom is -0.352 e. The van der Waals surface area contributed by atoms with Crippen molar-refractivity contribution in [2.24, 2.45) is 5.92 Å². The molecule has 0 saturated carbocycles. The number of nitrogens with zero attached hydrogens (tertiary/aromatic N) is 2. The van der Waals surface area contributed by atoms with Crippen molar-refractivity contribution in [2.75, 3.05) is 19.6 Å². The van der Waals surface area contributed by atoms with Gasteiger partial charge in [-0.15, -0.1) is 0 Å². The minimum absolute atomic E-state index is 0.0202. The molecule has 0 spiro atoms. The fraction of sp³-hybridized carbons (Fsp3) is 0.444. The maximum atomic E-state index is 12.5. The third-order valence-electron chi connectivity index (χ3n) is 4.52. The maximum Gasteiger partial charge on any atom is 0.255 e. The number of nitrogens with one attached hydrogen (secondary N) is 2. The van der Waals surface area contributed by atoms with Crippen molar-refractivity contribution in [3.05, 3.63) is 47.3 Å². The van der Waals surface area contributed by atoms with Crippen LogP contribution >= 0.6 is 0 Å². The minimum atomic E-state index is -0.0202. The predicted molar refractivity (Wildman–Crippen MR) is 91.0 cm³/mol. The Morgan fingerprint density at radius 3 is 2.83 bits per heavy atom. The Morgan fingerprint density at radius 1 is 1.35 bits per heavy atom. The molecule has 1 amide bonds. The van der Waals surface area contributed by atoms with Crippen molar-refractivity contribution < 1.29 is 4.79 Å². The SMILES string of the molecule is Cc1nn(-c2ccccc2)c(C)c1C(=O)NCCC1CCNC1. The van der Waals surface area contributed by atoms with E-state index < -0.39 is 0 Å². The Morgan fingerprint density at radius 2 is 2.13 bits per heavy atom. The van der Waals surface area contributed by atoms with E-state index >= 15 is 0 Å². The van der Waals surface area contributed by atoms with Crippen LogP contribution in [-0.2, 0) is 0 Å². The average molecular weight is 312 g/mol. The molecule has 1 atom stereocenters. The third kappa shape index (κ3) is 3.45. The maximum absolute atomic E-state index is 12.5. The summed E-state index contributed by atoms with van der Waals surface area (Å²) in [6.07, 6.45) is 2.24. The van der Waals surface area contributed by atoms with Crippen LogP contribution in [0, 0.1) is 19.8 Å². The molecular formula is C18H24N4O. The second-order valence-corrected chi connectivity index (χ2v) is 6.20. The third-order valence-corrected chi connectivity index (χ3v) is 4.52. The number of carbonyl (C=O) groups excluding carboxylic acids is 1. The Kier molecular flexibility index (Phi) is 4.76. The van der Waals surface area contributed by atoms with Crippen LogP contribution in [0.1, 0.15) is 34.6 Å². The van der Waals surface area contributed by atoms with E-state index in [9.17, 15) is 4.79 Å². The van der Waals surface area contributed by atoms with E-state index in [4.69, 9.17) is 0 Å². The monoisotopic (exact) mass is 312 g/mol.